The van der Waals surface area contributed by atoms with Crippen molar-refractivity contribution in [2.75, 3.05) is 13.2 Å². The molecule has 0 aliphatic carbocycles. The van der Waals surface area contributed by atoms with Gasteiger partial charge in [0, 0.05) is 0 Å². The van der Waals surface area contributed by atoms with E-state index in [1.165, 1.54) is 0 Å². The normalized spacial score (nSPS) is 10.1. The molecule has 0 aliphatic rings. The molecule has 0 unspecified atom stereocenters. The summed E-state index contributed by atoms with van der Waals surface area (Å²) in [5, 5.41) is 1.22. The van der Waals surface area contributed by atoms with Gasteiger partial charge in [-0.1, -0.05) is 48.5 Å². The van der Waals surface area contributed by atoms with E-state index in [9.17, 15) is 0 Å². The van der Waals surface area contributed by atoms with Gasteiger partial charge in [0.05, 0.1) is 10.0 Å². The molecule has 22 heavy (non-hydrogen) atoms. The summed E-state index contributed by atoms with van der Waals surface area (Å²) in [5.41, 5.74) is 1.75. The molecule has 0 saturated heterocycles. The Labute approximate surface area is 140 Å². The first kappa shape index (κ1) is 16.5. The molecule has 2 nitrogen and oxygen atoms in total. The van der Waals surface area contributed by atoms with Crippen molar-refractivity contribution >= 4 is 35.4 Å². The van der Waals surface area contributed by atoms with Gasteiger partial charge in [-0.05, 0) is 47.5 Å². The number of halogens is 2. The zero-order chi connectivity index (χ0) is 15.9. The third kappa shape index (κ3) is 4.30. The first-order valence-electron chi connectivity index (χ1n) is 6.73. The monoisotopic (exact) mass is 334 g/mol. The Morgan fingerprint density at radius 3 is 1.50 bits per heavy atom. The highest BCUT2D eigenvalue weighted by Crippen LogP contribution is 2.24. The lowest BCUT2D eigenvalue weighted by Gasteiger charge is -2.10. The summed E-state index contributed by atoms with van der Waals surface area (Å²) in [6.45, 7) is 8.19. The van der Waals surface area contributed by atoms with E-state index in [4.69, 9.17) is 32.7 Å². The molecule has 0 amide bonds. The highest BCUT2D eigenvalue weighted by atomic mass is 35.5. The third-order valence-electron chi connectivity index (χ3n) is 3.00. The zero-order valence-electron chi connectivity index (χ0n) is 12.0. The summed E-state index contributed by atoms with van der Waals surface area (Å²) < 4.78 is 11.2. The molecule has 0 bridgehead atoms. The highest BCUT2D eigenvalue weighted by Gasteiger charge is 2.02. The zero-order valence-corrected chi connectivity index (χ0v) is 13.5. The molecule has 4 heteroatoms. The molecule has 0 N–H and O–H groups in total. The number of benzene rings is 2. The number of rotatable bonds is 7. The van der Waals surface area contributed by atoms with Crippen LogP contribution in [0.25, 0.3) is 12.2 Å². The van der Waals surface area contributed by atoms with E-state index in [-0.39, 0.29) is 0 Å². The lowest BCUT2D eigenvalue weighted by Crippen LogP contribution is -2.09. The second kappa shape index (κ2) is 7.92. The van der Waals surface area contributed by atoms with Crippen LogP contribution in [0, 0.1) is 0 Å². The van der Waals surface area contributed by atoms with Gasteiger partial charge in [0.15, 0.2) is 0 Å². The second-order valence-corrected chi connectivity index (χ2v) is 5.29. The van der Waals surface area contributed by atoms with E-state index in [2.05, 4.69) is 13.2 Å². The molecule has 0 aliphatic heterocycles. The van der Waals surface area contributed by atoms with Crippen LogP contribution in [0.1, 0.15) is 11.1 Å². The Kier molecular flexibility index (Phi) is 5.93. The quantitative estimate of drug-likeness (QED) is 0.601. The van der Waals surface area contributed by atoms with E-state index < -0.39 is 0 Å². The van der Waals surface area contributed by atoms with Crippen LogP contribution in [-0.4, -0.2) is 13.2 Å². The molecule has 2 rings (SSSR count). The number of hydrogen-bond acceptors (Lipinski definition) is 2. The second-order valence-electron chi connectivity index (χ2n) is 4.47. The molecule has 0 spiro atoms. The van der Waals surface area contributed by atoms with Gasteiger partial charge < -0.3 is 9.47 Å². The first-order valence-corrected chi connectivity index (χ1v) is 7.49. The molecule has 0 heterocycles. The standard InChI is InChI=1S/C18H16Cl2O2/c1-3-13-5-7-15(11-17(13)19)21-9-10-22-16-8-6-14(4-2)18(20)12-16/h3-8,11-12H,1-2,9-10H2. The fraction of sp³-hybridized carbons (Fsp3) is 0.111. The lowest BCUT2D eigenvalue weighted by molar-refractivity contribution is 0.217. The summed E-state index contributed by atoms with van der Waals surface area (Å²) in [7, 11) is 0. The smallest absolute Gasteiger partial charge is 0.122 e. The Bertz CT molecular complexity index is 621. The Morgan fingerprint density at radius 2 is 1.18 bits per heavy atom. The predicted molar refractivity (Wildman–Crippen MR) is 94.1 cm³/mol. The van der Waals surface area contributed by atoms with Crippen LogP contribution < -0.4 is 9.47 Å². The number of ether oxygens (including phenoxy) is 2. The molecule has 0 atom stereocenters. The van der Waals surface area contributed by atoms with Crippen molar-refractivity contribution in [1.29, 1.82) is 0 Å². The molecule has 0 radical (unpaired) electrons. The minimum atomic E-state index is 0.407. The summed E-state index contributed by atoms with van der Waals surface area (Å²) in [4.78, 5) is 0. The molecule has 0 aromatic heterocycles. The molecule has 2 aromatic rings. The number of hydrogen-bond donors (Lipinski definition) is 0. The summed E-state index contributed by atoms with van der Waals surface area (Å²) in [6.07, 6.45) is 3.40. The van der Waals surface area contributed by atoms with Crippen LogP contribution in [0.15, 0.2) is 49.6 Å². The predicted octanol–water partition coefficient (Wildman–Crippen LogP) is 5.74. The maximum absolute atomic E-state index is 6.08. The van der Waals surface area contributed by atoms with Crippen LogP contribution >= 0.6 is 23.2 Å². The maximum Gasteiger partial charge on any atom is 0.122 e. The minimum Gasteiger partial charge on any atom is -0.490 e. The van der Waals surface area contributed by atoms with Gasteiger partial charge in [-0.25, -0.2) is 0 Å². The molecular formula is C18H16Cl2O2. The average molecular weight is 335 g/mol. The van der Waals surface area contributed by atoms with Gasteiger partial charge in [0.2, 0.25) is 0 Å². The minimum absolute atomic E-state index is 0.407. The van der Waals surface area contributed by atoms with E-state index >= 15 is 0 Å². The van der Waals surface area contributed by atoms with Crippen molar-refractivity contribution in [3.8, 4) is 11.5 Å². The fourth-order valence-corrected chi connectivity index (χ4v) is 2.34. The maximum atomic E-state index is 6.08. The SMILES string of the molecule is C=Cc1ccc(OCCOc2ccc(C=C)c(Cl)c2)cc1Cl. The topological polar surface area (TPSA) is 18.5 Å². The summed E-state index contributed by atoms with van der Waals surface area (Å²) >= 11 is 12.2. The van der Waals surface area contributed by atoms with Gasteiger partial charge in [-0.2, -0.15) is 0 Å². The van der Waals surface area contributed by atoms with Crippen molar-refractivity contribution in [1.82, 2.24) is 0 Å². The van der Waals surface area contributed by atoms with Gasteiger partial charge in [0.1, 0.15) is 24.7 Å². The largest absolute Gasteiger partial charge is 0.490 e. The van der Waals surface area contributed by atoms with Crippen molar-refractivity contribution in [3.63, 3.8) is 0 Å². The Balaban J connectivity index is 1.84. The van der Waals surface area contributed by atoms with Crippen LogP contribution in [0.2, 0.25) is 10.0 Å². The van der Waals surface area contributed by atoms with Crippen molar-refractivity contribution < 1.29 is 9.47 Å². The molecular weight excluding hydrogens is 319 g/mol. The van der Waals surface area contributed by atoms with Crippen molar-refractivity contribution in [3.05, 3.63) is 70.7 Å². The summed E-state index contributed by atoms with van der Waals surface area (Å²) in [5.74, 6) is 1.39. The Morgan fingerprint density at radius 1 is 0.773 bits per heavy atom. The van der Waals surface area contributed by atoms with E-state index in [1.807, 2.05) is 24.3 Å². The molecule has 0 fully saturated rings. The molecule has 0 saturated carbocycles. The average Bonchev–Trinajstić information content (AvgIpc) is 2.52. The Hall–Kier alpha value is -1.90. The van der Waals surface area contributed by atoms with Gasteiger partial charge in [0.25, 0.3) is 0 Å². The van der Waals surface area contributed by atoms with E-state index in [1.54, 1.807) is 24.3 Å². The fourth-order valence-electron chi connectivity index (χ4n) is 1.85. The summed E-state index contributed by atoms with van der Waals surface area (Å²) in [6, 6.07) is 10.9. The van der Waals surface area contributed by atoms with Crippen LogP contribution in [-0.2, 0) is 0 Å². The van der Waals surface area contributed by atoms with Crippen molar-refractivity contribution in [2.24, 2.45) is 0 Å². The molecule has 2 aromatic carbocycles. The highest BCUT2D eigenvalue weighted by molar-refractivity contribution is 6.32. The van der Waals surface area contributed by atoms with Gasteiger partial charge in [-0.15, -0.1) is 0 Å². The first-order chi connectivity index (χ1) is 10.6. The van der Waals surface area contributed by atoms with Crippen molar-refractivity contribution in [2.45, 2.75) is 0 Å². The van der Waals surface area contributed by atoms with Crippen LogP contribution in [0.4, 0.5) is 0 Å². The van der Waals surface area contributed by atoms with E-state index in [0.29, 0.717) is 34.8 Å². The lowest BCUT2D eigenvalue weighted by atomic mass is 10.2. The van der Waals surface area contributed by atoms with Gasteiger partial charge >= 0.3 is 0 Å². The van der Waals surface area contributed by atoms with E-state index in [0.717, 1.165) is 11.1 Å². The third-order valence-corrected chi connectivity index (χ3v) is 3.66. The van der Waals surface area contributed by atoms with Gasteiger partial charge in [-0.3, -0.25) is 0 Å². The molecule has 114 valence electrons. The van der Waals surface area contributed by atoms with Crippen LogP contribution in [0.3, 0.4) is 0 Å². The van der Waals surface area contributed by atoms with Crippen LogP contribution in [0.5, 0.6) is 11.5 Å².